The second kappa shape index (κ2) is 8.79. The summed E-state index contributed by atoms with van der Waals surface area (Å²) in [6.07, 6.45) is 2.77. The van der Waals surface area contributed by atoms with Gasteiger partial charge in [-0.05, 0) is 33.4 Å². The fourth-order valence-electron chi connectivity index (χ4n) is 2.72. The molecule has 2 rings (SSSR count). The minimum Gasteiger partial charge on any atom is -0.383 e. The summed E-state index contributed by atoms with van der Waals surface area (Å²) in [6, 6.07) is 0. The second-order valence-electron chi connectivity index (χ2n) is 6.15. The van der Waals surface area contributed by atoms with Gasteiger partial charge in [0, 0.05) is 33.3 Å². The highest BCUT2D eigenvalue weighted by Gasteiger charge is 2.27. The van der Waals surface area contributed by atoms with Crippen LogP contribution in [0, 0.1) is 0 Å². The first kappa shape index (κ1) is 18.4. The molecule has 2 N–H and O–H groups in total. The van der Waals surface area contributed by atoms with Gasteiger partial charge in [-0.15, -0.1) is 0 Å². The molecule has 0 spiro atoms. The third kappa shape index (κ3) is 4.55. The van der Waals surface area contributed by atoms with Crippen LogP contribution in [0.25, 0.3) is 0 Å². The number of imidazole rings is 1. The number of nitrogens with one attached hydrogen (secondary N) is 2. The van der Waals surface area contributed by atoms with E-state index in [2.05, 4.69) is 15.6 Å². The van der Waals surface area contributed by atoms with Crippen molar-refractivity contribution in [3.8, 4) is 0 Å². The Labute approximate surface area is 142 Å². The first-order chi connectivity index (χ1) is 11.5. The molecular formula is C16H27N5O3. The van der Waals surface area contributed by atoms with Crippen molar-refractivity contribution in [3.63, 3.8) is 0 Å². The SMILES string of the molecule is COCCNC(=O)c1nc(C(=O)NCCN(C)C)n2c1CCCC2. The van der Waals surface area contributed by atoms with Crippen LogP contribution in [0.2, 0.25) is 0 Å². The summed E-state index contributed by atoms with van der Waals surface area (Å²) < 4.78 is 6.83. The molecule has 1 aliphatic rings. The van der Waals surface area contributed by atoms with Crippen LogP contribution in [0.15, 0.2) is 0 Å². The number of carbonyl (C=O) groups is 2. The molecule has 0 unspecified atom stereocenters. The lowest BCUT2D eigenvalue weighted by Gasteiger charge is -2.17. The standard InChI is InChI=1S/C16H27N5O3/c1-20(2)10-7-17-16(23)14-19-13(15(22)18-8-11-24-3)12-6-4-5-9-21(12)14/h4-11H2,1-3H3,(H,17,23)(H,18,22). The minimum absolute atomic E-state index is 0.226. The van der Waals surface area contributed by atoms with E-state index in [1.807, 2.05) is 23.6 Å². The molecule has 1 aromatic rings. The number of nitrogens with zero attached hydrogens (tertiary/aromatic N) is 3. The lowest BCUT2D eigenvalue weighted by Crippen LogP contribution is -2.33. The van der Waals surface area contributed by atoms with E-state index in [-0.39, 0.29) is 11.8 Å². The van der Waals surface area contributed by atoms with E-state index < -0.39 is 0 Å². The van der Waals surface area contributed by atoms with E-state index in [0.29, 0.717) is 31.2 Å². The zero-order valence-electron chi connectivity index (χ0n) is 14.7. The molecule has 0 fully saturated rings. The van der Waals surface area contributed by atoms with E-state index in [1.165, 1.54) is 0 Å². The molecule has 8 nitrogen and oxygen atoms in total. The van der Waals surface area contributed by atoms with Crippen molar-refractivity contribution in [1.29, 1.82) is 0 Å². The predicted octanol–water partition coefficient (Wildman–Crippen LogP) is -0.113. The topological polar surface area (TPSA) is 88.5 Å². The number of carbonyl (C=O) groups excluding carboxylic acids is 2. The highest BCUT2D eigenvalue weighted by molar-refractivity contribution is 5.97. The first-order valence-corrected chi connectivity index (χ1v) is 8.34. The van der Waals surface area contributed by atoms with E-state index in [4.69, 9.17) is 4.74 Å². The smallest absolute Gasteiger partial charge is 0.287 e. The average Bonchev–Trinajstić information content (AvgIpc) is 2.94. The average molecular weight is 337 g/mol. The maximum Gasteiger partial charge on any atom is 0.287 e. The molecule has 8 heteroatoms. The summed E-state index contributed by atoms with van der Waals surface area (Å²) in [5.74, 6) is -0.138. The van der Waals surface area contributed by atoms with E-state index in [9.17, 15) is 9.59 Å². The third-order valence-corrected chi connectivity index (χ3v) is 3.97. The highest BCUT2D eigenvalue weighted by atomic mass is 16.5. The largest absolute Gasteiger partial charge is 0.383 e. The van der Waals surface area contributed by atoms with Gasteiger partial charge in [0.05, 0.1) is 12.3 Å². The Morgan fingerprint density at radius 1 is 1.21 bits per heavy atom. The Balaban J connectivity index is 2.13. The Morgan fingerprint density at radius 2 is 1.96 bits per heavy atom. The molecule has 134 valence electrons. The number of rotatable bonds is 8. The first-order valence-electron chi connectivity index (χ1n) is 8.34. The van der Waals surface area contributed by atoms with Gasteiger partial charge >= 0.3 is 0 Å². The maximum absolute atomic E-state index is 12.4. The molecule has 0 atom stereocenters. The fourth-order valence-corrected chi connectivity index (χ4v) is 2.72. The number of aromatic nitrogens is 2. The second-order valence-corrected chi connectivity index (χ2v) is 6.15. The van der Waals surface area contributed by atoms with Crippen LogP contribution in [0.3, 0.4) is 0 Å². The van der Waals surface area contributed by atoms with Crippen molar-refractivity contribution < 1.29 is 14.3 Å². The molecule has 2 heterocycles. The number of hydrogen-bond acceptors (Lipinski definition) is 5. The predicted molar refractivity (Wildman–Crippen MR) is 90.3 cm³/mol. The fraction of sp³-hybridized carbons (Fsp3) is 0.688. The van der Waals surface area contributed by atoms with Crippen molar-refractivity contribution in [2.45, 2.75) is 25.8 Å². The van der Waals surface area contributed by atoms with Crippen LogP contribution >= 0.6 is 0 Å². The normalized spacial score (nSPS) is 13.7. The maximum atomic E-state index is 12.4. The monoisotopic (exact) mass is 337 g/mol. The number of likely N-dealkylation sites (N-methyl/N-ethyl adjacent to an activating group) is 1. The molecule has 0 saturated carbocycles. The van der Waals surface area contributed by atoms with Gasteiger partial charge in [0.15, 0.2) is 5.82 Å². The molecule has 0 saturated heterocycles. The molecule has 1 aliphatic heterocycles. The van der Waals surface area contributed by atoms with Gasteiger partial charge < -0.3 is 24.8 Å². The number of hydrogen-bond donors (Lipinski definition) is 2. The number of fused-ring (bicyclic) bond motifs is 1. The molecular weight excluding hydrogens is 310 g/mol. The van der Waals surface area contributed by atoms with Gasteiger partial charge in [-0.2, -0.15) is 0 Å². The summed E-state index contributed by atoms with van der Waals surface area (Å²) >= 11 is 0. The minimum atomic E-state index is -0.245. The van der Waals surface area contributed by atoms with Crippen molar-refractivity contribution in [3.05, 3.63) is 17.2 Å². The lowest BCUT2D eigenvalue weighted by atomic mass is 10.1. The van der Waals surface area contributed by atoms with Crippen molar-refractivity contribution in [2.24, 2.45) is 0 Å². The summed E-state index contributed by atoms with van der Waals surface area (Å²) in [6.45, 7) is 2.89. The van der Waals surface area contributed by atoms with Gasteiger partial charge in [0.1, 0.15) is 5.69 Å². The number of amides is 2. The third-order valence-electron chi connectivity index (χ3n) is 3.97. The summed E-state index contributed by atoms with van der Waals surface area (Å²) in [4.78, 5) is 31.1. The van der Waals surface area contributed by atoms with E-state index in [0.717, 1.165) is 38.0 Å². The number of ether oxygens (including phenoxy) is 1. The van der Waals surface area contributed by atoms with E-state index >= 15 is 0 Å². The van der Waals surface area contributed by atoms with Gasteiger partial charge in [0.25, 0.3) is 11.8 Å². The zero-order valence-corrected chi connectivity index (χ0v) is 14.7. The van der Waals surface area contributed by atoms with Crippen LogP contribution in [0.4, 0.5) is 0 Å². The van der Waals surface area contributed by atoms with Crippen molar-refractivity contribution in [1.82, 2.24) is 25.1 Å². The van der Waals surface area contributed by atoms with Gasteiger partial charge in [-0.25, -0.2) is 4.98 Å². The van der Waals surface area contributed by atoms with Crippen molar-refractivity contribution >= 4 is 11.8 Å². The van der Waals surface area contributed by atoms with Crippen LogP contribution in [-0.2, 0) is 17.7 Å². The Morgan fingerprint density at radius 3 is 2.67 bits per heavy atom. The molecule has 0 aliphatic carbocycles. The molecule has 0 radical (unpaired) electrons. The molecule has 0 bridgehead atoms. The molecule has 1 aromatic heterocycles. The Hall–Kier alpha value is -1.93. The highest BCUT2D eigenvalue weighted by Crippen LogP contribution is 2.21. The van der Waals surface area contributed by atoms with Crippen LogP contribution < -0.4 is 10.6 Å². The van der Waals surface area contributed by atoms with Crippen LogP contribution in [0.1, 0.15) is 39.6 Å². The quantitative estimate of drug-likeness (QED) is 0.646. The van der Waals surface area contributed by atoms with Crippen LogP contribution in [-0.4, -0.2) is 73.7 Å². The van der Waals surface area contributed by atoms with Crippen LogP contribution in [0.5, 0.6) is 0 Å². The molecule has 2 amide bonds. The molecule has 0 aromatic carbocycles. The summed E-state index contributed by atoms with van der Waals surface area (Å²) in [5, 5.41) is 5.65. The van der Waals surface area contributed by atoms with Gasteiger partial charge in [-0.1, -0.05) is 0 Å². The van der Waals surface area contributed by atoms with Crippen molar-refractivity contribution in [2.75, 3.05) is 47.4 Å². The lowest BCUT2D eigenvalue weighted by molar-refractivity contribution is 0.0931. The summed E-state index contributed by atoms with van der Waals surface area (Å²) in [7, 11) is 5.48. The summed E-state index contributed by atoms with van der Waals surface area (Å²) in [5.41, 5.74) is 1.22. The number of methoxy groups -OCH3 is 1. The Kier molecular flexibility index (Phi) is 6.74. The Bertz CT molecular complexity index is 583. The van der Waals surface area contributed by atoms with Gasteiger partial charge in [0.2, 0.25) is 0 Å². The molecule has 24 heavy (non-hydrogen) atoms. The zero-order chi connectivity index (χ0) is 17.5. The van der Waals surface area contributed by atoms with E-state index in [1.54, 1.807) is 7.11 Å². The van der Waals surface area contributed by atoms with Gasteiger partial charge in [-0.3, -0.25) is 9.59 Å².